The molecule has 0 spiro atoms. The Labute approximate surface area is 90.3 Å². The largest absolute Gasteiger partial charge is 0.396 e. The van der Waals surface area contributed by atoms with Crippen LogP contribution in [0.25, 0.3) is 0 Å². The minimum absolute atomic E-state index is 0.437. The van der Waals surface area contributed by atoms with E-state index < -0.39 is 0 Å². The summed E-state index contributed by atoms with van der Waals surface area (Å²) in [6, 6.07) is 3.78. The molecule has 1 aromatic rings. The lowest BCUT2D eigenvalue weighted by atomic mass is 10.1. The predicted molar refractivity (Wildman–Crippen MR) is 63.7 cm³/mol. The number of nitrogen functional groups attached to an aromatic ring is 2. The van der Waals surface area contributed by atoms with Crippen LogP contribution in [0.3, 0.4) is 0 Å². The van der Waals surface area contributed by atoms with Crippen molar-refractivity contribution in [2.45, 2.75) is 19.8 Å². The summed E-state index contributed by atoms with van der Waals surface area (Å²) in [6.07, 6.45) is 2.49. The van der Waals surface area contributed by atoms with Crippen molar-refractivity contribution < 1.29 is 0 Å². The Kier molecular flexibility index (Phi) is 2.66. The molecule has 0 bridgehead atoms. The second-order valence-corrected chi connectivity index (χ2v) is 4.15. The first-order valence-electron chi connectivity index (χ1n) is 5.47. The molecule has 1 fully saturated rings. The Morgan fingerprint density at radius 2 is 2.27 bits per heavy atom. The Bertz CT molecular complexity index is 350. The van der Waals surface area contributed by atoms with Gasteiger partial charge in [0.15, 0.2) is 0 Å². The van der Waals surface area contributed by atoms with Gasteiger partial charge in [0.2, 0.25) is 0 Å². The molecule has 15 heavy (non-hydrogen) atoms. The van der Waals surface area contributed by atoms with E-state index in [-0.39, 0.29) is 0 Å². The van der Waals surface area contributed by atoms with Gasteiger partial charge in [0.1, 0.15) is 11.6 Å². The highest BCUT2D eigenvalue weighted by atomic mass is 15.2. The molecule has 1 unspecified atom stereocenters. The lowest BCUT2D eigenvalue weighted by Gasteiger charge is -2.17. The van der Waals surface area contributed by atoms with Crippen molar-refractivity contribution in [2.75, 3.05) is 29.5 Å². The van der Waals surface area contributed by atoms with E-state index in [1.807, 2.05) is 12.1 Å². The van der Waals surface area contributed by atoms with Crippen molar-refractivity contribution in [1.29, 1.82) is 0 Å². The third-order valence-corrected chi connectivity index (χ3v) is 3.13. The van der Waals surface area contributed by atoms with Gasteiger partial charge >= 0.3 is 0 Å². The number of hydrogen-bond acceptors (Lipinski definition) is 4. The molecule has 4 heteroatoms. The minimum atomic E-state index is 0.437. The summed E-state index contributed by atoms with van der Waals surface area (Å²) in [6.45, 7) is 4.40. The van der Waals surface area contributed by atoms with Gasteiger partial charge in [-0.15, -0.1) is 0 Å². The molecule has 0 radical (unpaired) electrons. The van der Waals surface area contributed by atoms with Gasteiger partial charge in [0.25, 0.3) is 0 Å². The predicted octanol–water partition coefficient (Wildman–Crippen LogP) is 1.48. The van der Waals surface area contributed by atoms with Crippen molar-refractivity contribution in [2.24, 2.45) is 5.92 Å². The van der Waals surface area contributed by atoms with Crippen molar-refractivity contribution >= 4 is 17.3 Å². The topological polar surface area (TPSA) is 68.2 Å². The summed E-state index contributed by atoms with van der Waals surface area (Å²) in [5.41, 5.74) is 11.9. The van der Waals surface area contributed by atoms with Crippen LogP contribution in [0.15, 0.2) is 12.1 Å². The van der Waals surface area contributed by atoms with Crippen LogP contribution in [0.4, 0.5) is 17.3 Å². The Morgan fingerprint density at radius 3 is 2.87 bits per heavy atom. The van der Waals surface area contributed by atoms with Crippen LogP contribution in [0.2, 0.25) is 0 Å². The average molecular weight is 206 g/mol. The number of pyridine rings is 1. The SMILES string of the molecule is CCC1CCN(c2ccc(N)c(N)n2)C1. The quantitative estimate of drug-likeness (QED) is 0.769. The Hall–Kier alpha value is -1.45. The molecule has 2 rings (SSSR count). The summed E-state index contributed by atoms with van der Waals surface area (Å²) < 4.78 is 0. The zero-order chi connectivity index (χ0) is 10.8. The summed E-state index contributed by atoms with van der Waals surface area (Å²) in [5.74, 6) is 2.19. The molecule has 4 nitrogen and oxygen atoms in total. The van der Waals surface area contributed by atoms with Gasteiger partial charge in [0.05, 0.1) is 5.69 Å². The molecule has 0 aliphatic carbocycles. The number of nitrogens with two attached hydrogens (primary N) is 2. The van der Waals surface area contributed by atoms with Crippen LogP contribution in [-0.2, 0) is 0 Å². The molecule has 0 saturated carbocycles. The molecule has 0 amide bonds. The molecule has 2 heterocycles. The van der Waals surface area contributed by atoms with Crippen molar-refractivity contribution in [3.8, 4) is 0 Å². The average Bonchev–Trinajstić information content (AvgIpc) is 2.70. The molecule has 1 atom stereocenters. The molecule has 82 valence electrons. The van der Waals surface area contributed by atoms with E-state index in [0.717, 1.165) is 24.8 Å². The summed E-state index contributed by atoms with van der Waals surface area (Å²) in [4.78, 5) is 6.58. The molecule has 1 saturated heterocycles. The van der Waals surface area contributed by atoms with Gasteiger partial charge in [-0.3, -0.25) is 0 Å². The second-order valence-electron chi connectivity index (χ2n) is 4.15. The maximum atomic E-state index is 5.69. The Balaban J connectivity index is 2.13. The smallest absolute Gasteiger partial charge is 0.149 e. The van der Waals surface area contributed by atoms with Gasteiger partial charge in [-0.25, -0.2) is 4.98 Å². The normalized spacial score (nSPS) is 20.9. The molecule has 1 aromatic heterocycles. The van der Waals surface area contributed by atoms with E-state index >= 15 is 0 Å². The number of nitrogens with zero attached hydrogens (tertiary/aromatic N) is 2. The van der Waals surface area contributed by atoms with E-state index in [1.54, 1.807) is 0 Å². The van der Waals surface area contributed by atoms with E-state index in [4.69, 9.17) is 11.5 Å². The molecule has 1 aliphatic heterocycles. The maximum absolute atomic E-state index is 5.69. The fraction of sp³-hybridized carbons (Fsp3) is 0.545. The Morgan fingerprint density at radius 1 is 1.47 bits per heavy atom. The van der Waals surface area contributed by atoms with Crippen molar-refractivity contribution in [1.82, 2.24) is 4.98 Å². The number of hydrogen-bond donors (Lipinski definition) is 2. The molecule has 0 aromatic carbocycles. The summed E-state index contributed by atoms with van der Waals surface area (Å²) >= 11 is 0. The van der Waals surface area contributed by atoms with Crippen LogP contribution in [0.1, 0.15) is 19.8 Å². The lowest BCUT2D eigenvalue weighted by Crippen LogP contribution is -2.21. The lowest BCUT2D eigenvalue weighted by molar-refractivity contribution is 0.569. The summed E-state index contributed by atoms with van der Waals surface area (Å²) in [5, 5.41) is 0. The van der Waals surface area contributed by atoms with E-state index in [9.17, 15) is 0 Å². The zero-order valence-electron chi connectivity index (χ0n) is 9.11. The fourth-order valence-electron chi connectivity index (χ4n) is 2.03. The monoisotopic (exact) mass is 206 g/mol. The van der Waals surface area contributed by atoms with Gasteiger partial charge in [-0.1, -0.05) is 13.3 Å². The van der Waals surface area contributed by atoms with Crippen molar-refractivity contribution in [3.05, 3.63) is 12.1 Å². The van der Waals surface area contributed by atoms with Gasteiger partial charge in [-0.05, 0) is 24.5 Å². The van der Waals surface area contributed by atoms with E-state index in [0.29, 0.717) is 11.5 Å². The number of aromatic nitrogens is 1. The standard InChI is InChI=1S/C11H18N4/c1-2-8-5-6-15(7-8)10-4-3-9(12)11(13)14-10/h3-4,8H,2,5-7,12H2,1H3,(H2,13,14). The van der Waals surface area contributed by atoms with Crippen molar-refractivity contribution in [3.63, 3.8) is 0 Å². The molecule has 1 aliphatic rings. The highest BCUT2D eigenvalue weighted by molar-refractivity contribution is 5.62. The zero-order valence-corrected chi connectivity index (χ0v) is 9.11. The molecular weight excluding hydrogens is 188 g/mol. The molecule has 4 N–H and O–H groups in total. The maximum Gasteiger partial charge on any atom is 0.149 e. The van der Waals surface area contributed by atoms with Crippen LogP contribution in [0, 0.1) is 5.92 Å². The third kappa shape index (κ3) is 1.98. The van der Waals surface area contributed by atoms with Crippen LogP contribution in [-0.4, -0.2) is 18.1 Å². The van der Waals surface area contributed by atoms with Crippen LogP contribution < -0.4 is 16.4 Å². The van der Waals surface area contributed by atoms with E-state index in [1.165, 1.54) is 12.8 Å². The van der Waals surface area contributed by atoms with Gasteiger partial charge in [0, 0.05) is 13.1 Å². The van der Waals surface area contributed by atoms with Crippen LogP contribution >= 0.6 is 0 Å². The first kappa shape index (κ1) is 10.1. The highest BCUT2D eigenvalue weighted by Crippen LogP contribution is 2.25. The second kappa shape index (κ2) is 3.96. The van der Waals surface area contributed by atoms with E-state index in [2.05, 4.69) is 16.8 Å². The first-order valence-corrected chi connectivity index (χ1v) is 5.47. The first-order chi connectivity index (χ1) is 7.20. The van der Waals surface area contributed by atoms with Crippen LogP contribution in [0.5, 0.6) is 0 Å². The minimum Gasteiger partial charge on any atom is -0.396 e. The highest BCUT2D eigenvalue weighted by Gasteiger charge is 2.22. The third-order valence-electron chi connectivity index (χ3n) is 3.13. The fourth-order valence-corrected chi connectivity index (χ4v) is 2.03. The number of rotatable bonds is 2. The van der Waals surface area contributed by atoms with Gasteiger partial charge in [-0.2, -0.15) is 0 Å². The molecular formula is C11H18N4. The number of anilines is 3. The van der Waals surface area contributed by atoms with Gasteiger partial charge < -0.3 is 16.4 Å². The summed E-state index contributed by atoms with van der Waals surface area (Å²) in [7, 11) is 0.